The van der Waals surface area contributed by atoms with Crippen LogP contribution in [0.3, 0.4) is 0 Å². The van der Waals surface area contributed by atoms with E-state index in [4.69, 9.17) is 9.26 Å². The van der Waals surface area contributed by atoms with Crippen molar-refractivity contribution in [1.29, 1.82) is 0 Å². The van der Waals surface area contributed by atoms with Crippen molar-refractivity contribution < 1.29 is 22.5 Å². The van der Waals surface area contributed by atoms with Crippen LogP contribution in [0.25, 0.3) is 0 Å². The van der Waals surface area contributed by atoms with E-state index in [1.807, 2.05) is 17.9 Å². The molecule has 1 aromatic heterocycles. The molecule has 1 aliphatic heterocycles. The molecule has 0 spiro atoms. The Morgan fingerprint density at radius 3 is 2.77 bits per heavy atom. The van der Waals surface area contributed by atoms with E-state index in [0.717, 1.165) is 5.56 Å². The molecule has 1 N–H and O–H groups in total. The van der Waals surface area contributed by atoms with Crippen molar-refractivity contribution in [3.8, 4) is 5.75 Å². The molecule has 31 heavy (non-hydrogen) atoms. The van der Waals surface area contributed by atoms with Crippen LogP contribution in [0.4, 0.5) is 0 Å². The molecule has 168 valence electrons. The summed E-state index contributed by atoms with van der Waals surface area (Å²) in [7, 11) is -1.74. The molecule has 2 aromatic rings. The van der Waals surface area contributed by atoms with Crippen molar-refractivity contribution in [1.82, 2.24) is 19.8 Å². The van der Waals surface area contributed by atoms with Gasteiger partial charge in [-0.05, 0) is 63.3 Å². The highest BCUT2D eigenvalue weighted by Crippen LogP contribution is 2.50. The molecule has 1 aliphatic carbocycles. The Morgan fingerprint density at radius 2 is 2.16 bits per heavy atom. The number of benzene rings is 1. The molecule has 10 heteroatoms. The van der Waals surface area contributed by atoms with Gasteiger partial charge in [0.1, 0.15) is 5.75 Å². The highest BCUT2D eigenvalue weighted by Gasteiger charge is 2.58. The van der Waals surface area contributed by atoms with E-state index in [2.05, 4.69) is 14.9 Å². The zero-order chi connectivity index (χ0) is 22.4. The summed E-state index contributed by atoms with van der Waals surface area (Å²) in [6.07, 6.45) is 1.13. The van der Waals surface area contributed by atoms with E-state index in [1.165, 1.54) is 0 Å². The zero-order valence-electron chi connectivity index (χ0n) is 18.2. The number of hydrogen-bond donors (Lipinski definition) is 1. The lowest BCUT2D eigenvalue weighted by Crippen LogP contribution is -2.40. The van der Waals surface area contributed by atoms with E-state index in [-0.39, 0.29) is 23.6 Å². The Balaban J connectivity index is 1.62. The summed E-state index contributed by atoms with van der Waals surface area (Å²) in [6, 6.07) is 5.19. The molecule has 1 saturated heterocycles. The highest BCUT2D eigenvalue weighted by atomic mass is 32.2. The molecule has 2 heterocycles. The van der Waals surface area contributed by atoms with Gasteiger partial charge in [0, 0.05) is 24.7 Å². The van der Waals surface area contributed by atoms with Gasteiger partial charge in [-0.15, -0.1) is 0 Å². The third-order valence-corrected chi connectivity index (χ3v) is 7.96. The van der Waals surface area contributed by atoms with Gasteiger partial charge >= 0.3 is 0 Å². The van der Waals surface area contributed by atoms with Gasteiger partial charge in [0.2, 0.25) is 15.9 Å². The van der Waals surface area contributed by atoms with Gasteiger partial charge in [0.15, 0.2) is 5.82 Å². The molecular formula is C21H28N4O5S. The molecule has 1 unspecified atom stereocenters. The third-order valence-electron chi connectivity index (χ3n) is 6.51. The minimum absolute atomic E-state index is 0.0272. The third kappa shape index (κ3) is 3.94. The van der Waals surface area contributed by atoms with Crippen molar-refractivity contribution in [3.63, 3.8) is 0 Å². The fourth-order valence-electron chi connectivity index (χ4n) is 4.96. The van der Waals surface area contributed by atoms with E-state index in [0.29, 0.717) is 49.0 Å². The Bertz CT molecular complexity index is 1100. The van der Waals surface area contributed by atoms with Crippen molar-refractivity contribution in [2.75, 3.05) is 26.0 Å². The summed E-state index contributed by atoms with van der Waals surface area (Å²) in [4.78, 5) is 19.6. The van der Waals surface area contributed by atoms with Gasteiger partial charge in [-0.3, -0.25) is 4.79 Å². The number of nitrogens with one attached hydrogen (secondary N) is 1. The molecule has 2 aliphatic rings. The van der Waals surface area contributed by atoms with E-state index >= 15 is 0 Å². The first-order chi connectivity index (χ1) is 14.7. The second-order valence-electron chi connectivity index (χ2n) is 8.52. The molecular weight excluding hydrogens is 420 g/mol. The quantitative estimate of drug-likeness (QED) is 0.717. The first-order valence-corrected chi connectivity index (χ1v) is 12.1. The van der Waals surface area contributed by atoms with Gasteiger partial charge in [-0.2, -0.15) is 4.98 Å². The Labute approximate surface area is 182 Å². The average Bonchev–Trinajstić information content (AvgIpc) is 3.39. The standard InChI is InChI=1S/C21H28N4O5S/c1-5-31(27,28)24-16-9-15-11-25(12-21(15,10-16)20-22-14(3)23-30-20)19(26)18-7-6-17(29-4)8-13(18)2/h6-8,15-16,24H,5,9-12H2,1-4H3/t15?,16-,21+/m1/s1. The van der Waals surface area contributed by atoms with Crippen LogP contribution in [-0.2, 0) is 15.4 Å². The minimum Gasteiger partial charge on any atom is -0.497 e. The maximum Gasteiger partial charge on any atom is 0.254 e. The molecule has 0 radical (unpaired) electrons. The summed E-state index contributed by atoms with van der Waals surface area (Å²) >= 11 is 0. The van der Waals surface area contributed by atoms with Gasteiger partial charge < -0.3 is 14.2 Å². The lowest BCUT2D eigenvalue weighted by molar-refractivity contribution is 0.0772. The first kappa shape index (κ1) is 21.8. The van der Waals surface area contributed by atoms with E-state index in [9.17, 15) is 13.2 Å². The van der Waals surface area contributed by atoms with Crippen LogP contribution in [0.2, 0.25) is 0 Å². The number of rotatable bonds is 6. The van der Waals surface area contributed by atoms with Gasteiger partial charge in [-0.1, -0.05) is 5.16 Å². The van der Waals surface area contributed by atoms with Crippen LogP contribution in [0.1, 0.15) is 47.4 Å². The van der Waals surface area contributed by atoms with Gasteiger partial charge in [0.05, 0.1) is 18.3 Å². The number of amides is 1. The number of carbonyl (C=O) groups excluding carboxylic acids is 1. The van der Waals surface area contributed by atoms with Crippen LogP contribution in [0.15, 0.2) is 22.7 Å². The van der Waals surface area contributed by atoms with Crippen molar-refractivity contribution in [2.24, 2.45) is 5.92 Å². The van der Waals surface area contributed by atoms with E-state index < -0.39 is 15.4 Å². The molecule has 0 bridgehead atoms. The molecule has 1 amide bonds. The summed E-state index contributed by atoms with van der Waals surface area (Å²) in [5.41, 5.74) is 0.914. The second-order valence-corrected chi connectivity index (χ2v) is 10.6. The molecule has 9 nitrogen and oxygen atoms in total. The second kappa shape index (κ2) is 7.90. The maximum absolute atomic E-state index is 13.3. The predicted octanol–water partition coefficient (Wildman–Crippen LogP) is 1.81. The fourth-order valence-corrected chi connectivity index (χ4v) is 5.81. The Hall–Kier alpha value is -2.46. The zero-order valence-corrected chi connectivity index (χ0v) is 19.0. The number of hydrogen-bond acceptors (Lipinski definition) is 7. The van der Waals surface area contributed by atoms with Crippen LogP contribution in [-0.4, -0.2) is 61.4 Å². The van der Waals surface area contributed by atoms with Crippen molar-refractivity contribution >= 4 is 15.9 Å². The van der Waals surface area contributed by atoms with Gasteiger partial charge in [-0.25, -0.2) is 13.1 Å². The van der Waals surface area contributed by atoms with Crippen LogP contribution >= 0.6 is 0 Å². The normalized spacial score (nSPS) is 25.6. The maximum atomic E-state index is 13.3. The molecule has 1 aromatic carbocycles. The monoisotopic (exact) mass is 448 g/mol. The summed E-state index contributed by atoms with van der Waals surface area (Å²) in [6.45, 7) is 6.18. The number of fused-ring (bicyclic) bond motifs is 1. The Morgan fingerprint density at radius 1 is 1.39 bits per heavy atom. The smallest absolute Gasteiger partial charge is 0.254 e. The van der Waals surface area contributed by atoms with Crippen LogP contribution in [0, 0.1) is 19.8 Å². The topological polar surface area (TPSA) is 115 Å². The lowest BCUT2D eigenvalue weighted by Gasteiger charge is -2.25. The van der Waals surface area contributed by atoms with Crippen LogP contribution < -0.4 is 9.46 Å². The molecule has 4 rings (SSSR count). The number of ether oxygens (including phenoxy) is 1. The number of nitrogens with zero attached hydrogens (tertiary/aromatic N) is 3. The number of carbonyl (C=O) groups is 1. The molecule has 2 fully saturated rings. The van der Waals surface area contributed by atoms with Crippen LogP contribution in [0.5, 0.6) is 5.75 Å². The predicted molar refractivity (Wildman–Crippen MR) is 113 cm³/mol. The van der Waals surface area contributed by atoms with Crippen molar-refractivity contribution in [2.45, 2.75) is 45.1 Å². The minimum atomic E-state index is -3.33. The fraction of sp³-hybridized carbons (Fsp3) is 0.571. The summed E-state index contributed by atoms with van der Waals surface area (Å²) in [5, 5.41) is 3.95. The van der Waals surface area contributed by atoms with Gasteiger partial charge in [0.25, 0.3) is 5.91 Å². The number of aromatic nitrogens is 2. The number of aryl methyl sites for hydroxylation is 2. The number of methoxy groups -OCH3 is 1. The number of sulfonamides is 1. The van der Waals surface area contributed by atoms with E-state index in [1.54, 1.807) is 33.1 Å². The largest absolute Gasteiger partial charge is 0.497 e. The average molecular weight is 449 g/mol. The highest BCUT2D eigenvalue weighted by molar-refractivity contribution is 7.89. The first-order valence-electron chi connectivity index (χ1n) is 10.4. The molecule has 3 atom stereocenters. The Kier molecular flexibility index (Phi) is 5.55. The number of likely N-dealkylation sites (tertiary alicyclic amines) is 1. The lowest BCUT2D eigenvalue weighted by atomic mass is 9.80. The summed E-state index contributed by atoms with van der Waals surface area (Å²) < 4.78 is 37.9. The summed E-state index contributed by atoms with van der Waals surface area (Å²) in [5.74, 6) is 1.71. The van der Waals surface area contributed by atoms with Crippen molar-refractivity contribution in [3.05, 3.63) is 41.0 Å². The molecule has 1 saturated carbocycles. The SMILES string of the molecule is CCS(=O)(=O)N[C@@H]1CC2CN(C(=O)c3ccc(OC)cc3C)C[C@@]2(c2nc(C)no2)C1.